The van der Waals surface area contributed by atoms with Crippen LogP contribution in [0.15, 0.2) is 102 Å². The van der Waals surface area contributed by atoms with Gasteiger partial charge in [-0.25, -0.2) is 0 Å². The Morgan fingerprint density at radius 1 is 0.577 bits per heavy atom. The lowest BCUT2D eigenvalue weighted by Gasteiger charge is -2.26. The predicted octanol–water partition coefficient (Wildman–Crippen LogP) is 7.52. The molecule has 2 heteroatoms. The molecule has 0 saturated carbocycles. The van der Waals surface area contributed by atoms with Gasteiger partial charge in [-0.3, -0.25) is 0 Å². The average Bonchev–Trinajstić information content (AvgIpc) is 3.23. The Bertz CT molecular complexity index is 1180. The molecular weight excluding hydrogens is 334 g/mol. The molecule has 0 bridgehead atoms. The number of hydrogen-bond donors (Lipinski definition) is 0. The van der Waals surface area contributed by atoms with Crippen molar-refractivity contribution < 1.29 is 0 Å². The fourth-order valence-electron chi connectivity index (χ4n) is 3.61. The van der Waals surface area contributed by atoms with Crippen LogP contribution in [0.2, 0.25) is 0 Å². The zero-order valence-corrected chi connectivity index (χ0v) is 15.0. The van der Waals surface area contributed by atoms with Gasteiger partial charge in [0.1, 0.15) is 0 Å². The lowest BCUT2D eigenvalue weighted by atomic mass is 9.99. The Hall–Kier alpha value is -3.10. The molecule has 0 aliphatic carbocycles. The number of benzene rings is 4. The molecule has 26 heavy (non-hydrogen) atoms. The summed E-state index contributed by atoms with van der Waals surface area (Å²) in [6.07, 6.45) is 0. The summed E-state index contributed by atoms with van der Waals surface area (Å²) in [5.41, 5.74) is 3.58. The van der Waals surface area contributed by atoms with Crippen LogP contribution in [-0.2, 0) is 0 Å². The molecule has 0 aliphatic rings. The second-order valence-corrected chi connectivity index (χ2v) is 7.09. The Morgan fingerprint density at radius 3 is 2.04 bits per heavy atom. The van der Waals surface area contributed by atoms with Crippen molar-refractivity contribution in [3.05, 3.63) is 102 Å². The Labute approximate surface area is 156 Å². The summed E-state index contributed by atoms with van der Waals surface area (Å²) in [5, 5.41) is 9.45. The van der Waals surface area contributed by atoms with Crippen molar-refractivity contribution in [1.29, 1.82) is 0 Å². The molecule has 0 radical (unpaired) electrons. The van der Waals surface area contributed by atoms with Crippen molar-refractivity contribution in [2.45, 2.75) is 0 Å². The Morgan fingerprint density at radius 2 is 1.27 bits per heavy atom. The summed E-state index contributed by atoms with van der Waals surface area (Å²) in [7, 11) is 0. The van der Waals surface area contributed by atoms with Gasteiger partial charge >= 0.3 is 0 Å². The second-order valence-electron chi connectivity index (χ2n) is 6.31. The van der Waals surface area contributed by atoms with Crippen LogP contribution in [0.25, 0.3) is 21.5 Å². The zero-order valence-electron chi connectivity index (χ0n) is 14.2. The molecule has 5 rings (SSSR count). The van der Waals surface area contributed by atoms with Crippen molar-refractivity contribution in [1.82, 2.24) is 0 Å². The molecule has 0 N–H and O–H groups in total. The van der Waals surface area contributed by atoms with Crippen molar-refractivity contribution in [2.24, 2.45) is 0 Å². The molecular formula is C24H17NS. The van der Waals surface area contributed by atoms with Crippen LogP contribution in [0.3, 0.4) is 0 Å². The number of rotatable bonds is 3. The first-order chi connectivity index (χ1) is 12.9. The summed E-state index contributed by atoms with van der Waals surface area (Å²) in [4.78, 5) is 2.35. The van der Waals surface area contributed by atoms with Crippen molar-refractivity contribution in [3.63, 3.8) is 0 Å². The molecule has 0 aliphatic heterocycles. The van der Waals surface area contributed by atoms with E-state index >= 15 is 0 Å². The van der Waals surface area contributed by atoms with Gasteiger partial charge in [0.05, 0.1) is 11.4 Å². The van der Waals surface area contributed by atoms with Crippen molar-refractivity contribution in [2.75, 3.05) is 4.90 Å². The first kappa shape index (κ1) is 15.2. The number of para-hydroxylation sites is 1. The summed E-state index contributed by atoms with van der Waals surface area (Å²) < 4.78 is 0. The van der Waals surface area contributed by atoms with E-state index in [-0.39, 0.29) is 0 Å². The molecule has 1 heterocycles. The zero-order chi connectivity index (χ0) is 17.3. The van der Waals surface area contributed by atoms with E-state index in [1.54, 1.807) is 11.3 Å². The molecule has 0 spiro atoms. The third kappa shape index (κ3) is 2.47. The maximum atomic E-state index is 2.35. The summed E-state index contributed by atoms with van der Waals surface area (Å²) >= 11 is 1.72. The van der Waals surface area contributed by atoms with Gasteiger partial charge in [-0.1, -0.05) is 66.7 Å². The van der Waals surface area contributed by atoms with Gasteiger partial charge in [0, 0.05) is 16.5 Å². The predicted molar refractivity (Wildman–Crippen MR) is 114 cm³/mol. The number of hydrogen-bond acceptors (Lipinski definition) is 2. The maximum absolute atomic E-state index is 2.35. The normalized spacial score (nSPS) is 11.1. The SMILES string of the molecule is c1ccc(N(c2ccsc2)c2cc3ccccc3c3ccccc23)cc1. The lowest BCUT2D eigenvalue weighted by molar-refractivity contribution is 1.32. The van der Waals surface area contributed by atoms with Gasteiger partial charge in [0.25, 0.3) is 0 Å². The molecule has 0 unspecified atom stereocenters. The first-order valence-corrected chi connectivity index (χ1v) is 9.64. The van der Waals surface area contributed by atoms with Crippen LogP contribution in [0.4, 0.5) is 17.1 Å². The Balaban J connectivity index is 1.88. The van der Waals surface area contributed by atoms with Crippen molar-refractivity contribution in [3.8, 4) is 0 Å². The number of anilines is 3. The molecule has 0 atom stereocenters. The van der Waals surface area contributed by atoms with E-state index in [4.69, 9.17) is 0 Å². The smallest absolute Gasteiger partial charge is 0.0568 e. The highest BCUT2D eigenvalue weighted by atomic mass is 32.1. The van der Waals surface area contributed by atoms with Gasteiger partial charge in [-0.15, -0.1) is 0 Å². The minimum absolute atomic E-state index is 1.17. The molecule has 1 nitrogen and oxygen atoms in total. The van der Waals surface area contributed by atoms with Gasteiger partial charge in [0.2, 0.25) is 0 Å². The van der Waals surface area contributed by atoms with Gasteiger partial charge < -0.3 is 4.90 Å². The minimum atomic E-state index is 1.17. The molecule has 4 aromatic carbocycles. The maximum Gasteiger partial charge on any atom is 0.0568 e. The molecule has 124 valence electrons. The standard InChI is InChI=1S/C24H17NS/c1-2-9-19(10-3-1)25(20-14-15-26-17-20)24-16-18-8-4-5-11-21(18)22-12-6-7-13-23(22)24/h1-17H. The van der Waals surface area contributed by atoms with Crippen LogP contribution in [-0.4, -0.2) is 0 Å². The average molecular weight is 351 g/mol. The van der Waals surface area contributed by atoms with Crippen LogP contribution in [0.1, 0.15) is 0 Å². The quantitative estimate of drug-likeness (QED) is 0.304. The van der Waals surface area contributed by atoms with Gasteiger partial charge in [0.15, 0.2) is 0 Å². The first-order valence-electron chi connectivity index (χ1n) is 8.70. The third-order valence-electron chi connectivity index (χ3n) is 4.77. The summed E-state index contributed by atoms with van der Waals surface area (Å²) in [5.74, 6) is 0. The van der Waals surface area contributed by atoms with E-state index < -0.39 is 0 Å². The topological polar surface area (TPSA) is 3.24 Å². The number of thiophene rings is 1. The van der Waals surface area contributed by atoms with Crippen LogP contribution >= 0.6 is 11.3 Å². The van der Waals surface area contributed by atoms with Gasteiger partial charge in [-0.05, 0) is 45.8 Å². The summed E-state index contributed by atoms with van der Waals surface area (Å²) in [6.45, 7) is 0. The number of fused-ring (bicyclic) bond motifs is 3. The molecule has 0 amide bonds. The van der Waals surface area contributed by atoms with E-state index in [0.29, 0.717) is 0 Å². The fourth-order valence-corrected chi connectivity index (χ4v) is 4.23. The largest absolute Gasteiger partial charge is 0.309 e. The molecule has 0 fully saturated rings. The van der Waals surface area contributed by atoms with E-state index in [2.05, 4.69) is 107 Å². The lowest BCUT2D eigenvalue weighted by Crippen LogP contribution is -2.09. The molecule has 1 aromatic heterocycles. The highest BCUT2D eigenvalue weighted by molar-refractivity contribution is 7.08. The number of nitrogens with zero attached hydrogens (tertiary/aromatic N) is 1. The minimum Gasteiger partial charge on any atom is -0.309 e. The van der Waals surface area contributed by atoms with E-state index in [0.717, 1.165) is 0 Å². The van der Waals surface area contributed by atoms with E-state index in [9.17, 15) is 0 Å². The third-order valence-corrected chi connectivity index (χ3v) is 5.44. The monoisotopic (exact) mass is 351 g/mol. The highest BCUT2D eigenvalue weighted by Gasteiger charge is 2.16. The molecule has 5 aromatic rings. The van der Waals surface area contributed by atoms with E-state index in [1.165, 1.54) is 38.6 Å². The summed E-state index contributed by atoms with van der Waals surface area (Å²) in [6, 6.07) is 32.4. The fraction of sp³-hybridized carbons (Fsp3) is 0. The Kier molecular flexibility index (Phi) is 3.69. The van der Waals surface area contributed by atoms with Crippen molar-refractivity contribution >= 4 is 49.9 Å². The van der Waals surface area contributed by atoms with Crippen LogP contribution in [0, 0.1) is 0 Å². The van der Waals surface area contributed by atoms with E-state index in [1.807, 2.05) is 0 Å². The van der Waals surface area contributed by atoms with Gasteiger partial charge in [-0.2, -0.15) is 11.3 Å². The molecule has 0 saturated heterocycles. The second kappa shape index (κ2) is 6.32. The van der Waals surface area contributed by atoms with Crippen LogP contribution in [0.5, 0.6) is 0 Å². The van der Waals surface area contributed by atoms with Crippen LogP contribution < -0.4 is 4.90 Å². The highest BCUT2D eigenvalue weighted by Crippen LogP contribution is 2.42.